The zero-order chi connectivity index (χ0) is 19.1. The highest BCUT2D eigenvalue weighted by Gasteiger charge is 2.10. The van der Waals surface area contributed by atoms with Crippen LogP contribution in [0.5, 0.6) is 0 Å². The summed E-state index contributed by atoms with van der Waals surface area (Å²) in [5.74, 6) is 0.678. The van der Waals surface area contributed by atoms with E-state index in [0.717, 1.165) is 29.9 Å². The van der Waals surface area contributed by atoms with Gasteiger partial charge in [0.1, 0.15) is 0 Å². The fourth-order valence-electron chi connectivity index (χ4n) is 3.13. The second-order valence-corrected chi connectivity index (χ2v) is 7.31. The molecule has 2 N–H and O–H groups in total. The minimum absolute atomic E-state index is 0.587. The number of anilines is 1. The molecule has 144 valence electrons. The molecule has 4 nitrogen and oxygen atoms in total. The van der Waals surface area contributed by atoms with Gasteiger partial charge in [-0.2, -0.15) is 0 Å². The maximum absolute atomic E-state index is 5.74. The molecule has 0 unspecified atom stereocenters. The summed E-state index contributed by atoms with van der Waals surface area (Å²) < 4.78 is 10.8. The maximum atomic E-state index is 5.74. The van der Waals surface area contributed by atoms with Crippen LogP contribution in [-0.4, -0.2) is 31.9 Å². The zero-order valence-electron chi connectivity index (χ0n) is 16.5. The summed E-state index contributed by atoms with van der Waals surface area (Å²) in [6.45, 7) is 7.26. The van der Waals surface area contributed by atoms with Crippen molar-refractivity contribution in [3.05, 3.63) is 54.1 Å². The van der Waals surface area contributed by atoms with E-state index >= 15 is 0 Å². The van der Waals surface area contributed by atoms with Gasteiger partial charge in [0, 0.05) is 24.7 Å². The van der Waals surface area contributed by atoms with Crippen molar-refractivity contribution in [2.45, 2.75) is 26.9 Å². The SMILES string of the molecule is COCCOCc1cc(NCCC(C)C)c2[nH]c(-c3ccccc3)cc2c1. The monoisotopic (exact) mass is 366 g/mol. The average molecular weight is 367 g/mol. The van der Waals surface area contributed by atoms with Crippen LogP contribution in [0.1, 0.15) is 25.8 Å². The van der Waals surface area contributed by atoms with E-state index in [1.54, 1.807) is 7.11 Å². The van der Waals surface area contributed by atoms with E-state index in [-0.39, 0.29) is 0 Å². The first-order chi connectivity index (χ1) is 13.2. The molecule has 4 heteroatoms. The molecule has 1 heterocycles. The molecule has 0 saturated heterocycles. The van der Waals surface area contributed by atoms with Gasteiger partial charge in [0.2, 0.25) is 0 Å². The third kappa shape index (κ3) is 5.34. The van der Waals surface area contributed by atoms with Crippen LogP contribution in [0.2, 0.25) is 0 Å². The molecule has 0 radical (unpaired) electrons. The van der Waals surface area contributed by atoms with E-state index < -0.39 is 0 Å². The Hall–Kier alpha value is -2.30. The van der Waals surface area contributed by atoms with Crippen molar-refractivity contribution in [3.8, 4) is 11.3 Å². The molecule has 0 bridgehead atoms. The van der Waals surface area contributed by atoms with E-state index in [1.807, 2.05) is 6.07 Å². The third-order valence-corrected chi connectivity index (χ3v) is 4.61. The minimum Gasteiger partial charge on any atom is -0.383 e. The Labute approximate surface area is 161 Å². The van der Waals surface area contributed by atoms with Gasteiger partial charge in [0.05, 0.1) is 31.0 Å². The van der Waals surface area contributed by atoms with Gasteiger partial charge in [-0.3, -0.25) is 0 Å². The molecule has 0 aliphatic carbocycles. The second-order valence-electron chi connectivity index (χ2n) is 7.31. The first kappa shape index (κ1) is 19.5. The highest BCUT2D eigenvalue weighted by molar-refractivity contribution is 5.95. The molecule has 0 amide bonds. The number of hydrogen-bond acceptors (Lipinski definition) is 3. The van der Waals surface area contributed by atoms with E-state index in [9.17, 15) is 0 Å². The standard InChI is InChI=1S/C23H30N2O2/c1-17(2)9-10-24-22-14-18(16-27-12-11-26-3)13-20-15-21(25-23(20)22)19-7-5-4-6-8-19/h4-8,13-15,17,24-25H,9-12,16H2,1-3H3. The number of aromatic nitrogens is 1. The van der Waals surface area contributed by atoms with Gasteiger partial charge in [0.15, 0.2) is 0 Å². The topological polar surface area (TPSA) is 46.3 Å². The predicted octanol–water partition coefficient (Wildman–Crippen LogP) is 5.46. The Kier molecular flexibility index (Phi) is 6.91. The third-order valence-electron chi connectivity index (χ3n) is 4.61. The fraction of sp³-hybridized carbons (Fsp3) is 0.391. The lowest BCUT2D eigenvalue weighted by atomic mass is 10.1. The Morgan fingerprint density at radius 1 is 1.04 bits per heavy atom. The Bertz CT molecular complexity index is 840. The highest BCUT2D eigenvalue weighted by atomic mass is 16.5. The molecule has 3 rings (SSSR count). The van der Waals surface area contributed by atoms with Crippen molar-refractivity contribution >= 4 is 16.6 Å². The Balaban J connectivity index is 1.88. The zero-order valence-corrected chi connectivity index (χ0v) is 16.5. The first-order valence-corrected chi connectivity index (χ1v) is 9.69. The lowest BCUT2D eigenvalue weighted by Gasteiger charge is -2.12. The number of aromatic amines is 1. The van der Waals surface area contributed by atoms with Gasteiger partial charge in [0.25, 0.3) is 0 Å². The summed E-state index contributed by atoms with van der Waals surface area (Å²) in [4.78, 5) is 3.60. The smallest absolute Gasteiger partial charge is 0.0719 e. The molecule has 3 aromatic rings. The molecule has 2 aromatic carbocycles. The lowest BCUT2D eigenvalue weighted by molar-refractivity contribution is 0.0617. The molecule has 0 atom stereocenters. The van der Waals surface area contributed by atoms with Crippen molar-refractivity contribution in [2.24, 2.45) is 5.92 Å². The van der Waals surface area contributed by atoms with Gasteiger partial charge in [-0.1, -0.05) is 44.2 Å². The van der Waals surface area contributed by atoms with Crippen molar-refractivity contribution < 1.29 is 9.47 Å². The molecule has 27 heavy (non-hydrogen) atoms. The summed E-state index contributed by atoms with van der Waals surface area (Å²) in [5, 5.41) is 4.82. The Morgan fingerprint density at radius 2 is 1.85 bits per heavy atom. The number of ether oxygens (including phenoxy) is 2. The summed E-state index contributed by atoms with van der Waals surface area (Å²) >= 11 is 0. The summed E-state index contributed by atoms with van der Waals surface area (Å²) in [6, 6.07) is 17.1. The van der Waals surface area contributed by atoms with Crippen LogP contribution in [0.15, 0.2) is 48.5 Å². The normalized spacial score (nSPS) is 11.4. The average Bonchev–Trinajstić information content (AvgIpc) is 3.10. The van der Waals surface area contributed by atoms with Crippen LogP contribution in [-0.2, 0) is 16.1 Å². The predicted molar refractivity (Wildman–Crippen MR) is 113 cm³/mol. The number of benzene rings is 2. The van der Waals surface area contributed by atoms with Crippen molar-refractivity contribution in [1.82, 2.24) is 4.98 Å². The summed E-state index contributed by atoms with van der Waals surface area (Å²) in [6.07, 6.45) is 1.14. The van der Waals surface area contributed by atoms with Gasteiger partial charge < -0.3 is 19.8 Å². The van der Waals surface area contributed by atoms with Gasteiger partial charge >= 0.3 is 0 Å². The van der Waals surface area contributed by atoms with Crippen LogP contribution < -0.4 is 5.32 Å². The quantitative estimate of drug-likeness (QED) is 0.469. The van der Waals surface area contributed by atoms with Crippen LogP contribution in [0.25, 0.3) is 22.2 Å². The summed E-state index contributed by atoms with van der Waals surface area (Å²) in [5.41, 5.74) is 5.79. The number of fused-ring (bicyclic) bond motifs is 1. The molecule has 0 aliphatic rings. The van der Waals surface area contributed by atoms with Gasteiger partial charge in [-0.15, -0.1) is 0 Å². The van der Waals surface area contributed by atoms with E-state index in [0.29, 0.717) is 25.7 Å². The number of hydrogen-bond donors (Lipinski definition) is 2. The van der Waals surface area contributed by atoms with Crippen LogP contribution in [0.3, 0.4) is 0 Å². The molecule has 0 aliphatic heterocycles. The summed E-state index contributed by atoms with van der Waals surface area (Å²) in [7, 11) is 1.69. The van der Waals surface area contributed by atoms with Crippen LogP contribution in [0.4, 0.5) is 5.69 Å². The second kappa shape index (κ2) is 9.58. The molecule has 1 aromatic heterocycles. The first-order valence-electron chi connectivity index (χ1n) is 9.69. The largest absolute Gasteiger partial charge is 0.383 e. The minimum atomic E-state index is 0.587. The molecule has 0 fully saturated rings. The van der Waals surface area contributed by atoms with Crippen molar-refractivity contribution in [3.63, 3.8) is 0 Å². The van der Waals surface area contributed by atoms with Crippen molar-refractivity contribution in [2.75, 3.05) is 32.2 Å². The van der Waals surface area contributed by atoms with Crippen molar-refractivity contribution in [1.29, 1.82) is 0 Å². The Morgan fingerprint density at radius 3 is 2.59 bits per heavy atom. The van der Waals surface area contributed by atoms with Gasteiger partial charge in [-0.25, -0.2) is 0 Å². The van der Waals surface area contributed by atoms with Gasteiger partial charge in [-0.05, 0) is 41.7 Å². The maximum Gasteiger partial charge on any atom is 0.0719 e. The molecular weight excluding hydrogens is 336 g/mol. The number of methoxy groups -OCH3 is 1. The number of nitrogens with one attached hydrogen (secondary N) is 2. The fourth-order valence-corrected chi connectivity index (χ4v) is 3.13. The molecule has 0 spiro atoms. The van der Waals surface area contributed by atoms with E-state index in [2.05, 4.69) is 66.6 Å². The van der Waals surface area contributed by atoms with E-state index in [4.69, 9.17) is 9.47 Å². The number of rotatable bonds is 10. The molecular formula is C23H30N2O2. The molecule has 0 saturated carbocycles. The van der Waals surface area contributed by atoms with Crippen LogP contribution >= 0.6 is 0 Å². The van der Waals surface area contributed by atoms with Crippen LogP contribution in [0, 0.1) is 5.92 Å². The highest BCUT2D eigenvalue weighted by Crippen LogP contribution is 2.30. The number of H-pyrrole nitrogens is 1. The van der Waals surface area contributed by atoms with E-state index in [1.165, 1.54) is 16.5 Å². The lowest BCUT2D eigenvalue weighted by Crippen LogP contribution is -2.06.